The van der Waals surface area contributed by atoms with Crippen LogP contribution in [-0.4, -0.2) is 81.8 Å². The Morgan fingerprint density at radius 2 is 2.00 bits per heavy atom. The van der Waals surface area contributed by atoms with Gasteiger partial charge in [-0.1, -0.05) is 30.3 Å². The number of methoxy groups -OCH3 is 1. The smallest absolute Gasteiger partial charge is 0.191 e. The Balaban J connectivity index is 1.62. The molecule has 29 heavy (non-hydrogen) atoms. The summed E-state index contributed by atoms with van der Waals surface area (Å²) in [5, 5.41) is 7.11. The Bertz CT molecular complexity index is 572. The van der Waals surface area contributed by atoms with Gasteiger partial charge in [0.1, 0.15) is 0 Å². The van der Waals surface area contributed by atoms with Gasteiger partial charge in [-0.05, 0) is 45.2 Å². The molecule has 1 aliphatic heterocycles. The van der Waals surface area contributed by atoms with E-state index in [9.17, 15) is 0 Å². The standard InChI is InChI=1S/C23H41N5O/c1-20(27(3)19-21-9-6-5-7-10-21)11-14-25-23(24-2)26-22-12-16-28(17-13-22)15-8-18-29-4/h5-7,9-10,20,22H,8,11-19H2,1-4H3,(H2,24,25,26). The second-order valence-corrected chi connectivity index (χ2v) is 8.14. The number of piperidine rings is 1. The molecular weight excluding hydrogens is 362 g/mol. The molecule has 2 N–H and O–H groups in total. The predicted octanol–water partition coefficient (Wildman–Crippen LogP) is 2.56. The van der Waals surface area contributed by atoms with Gasteiger partial charge in [-0.2, -0.15) is 0 Å². The van der Waals surface area contributed by atoms with Crippen LogP contribution < -0.4 is 10.6 Å². The zero-order valence-corrected chi connectivity index (χ0v) is 18.9. The summed E-state index contributed by atoms with van der Waals surface area (Å²) in [4.78, 5) is 9.37. The number of ether oxygens (including phenoxy) is 1. The molecule has 1 atom stereocenters. The fourth-order valence-corrected chi connectivity index (χ4v) is 3.77. The van der Waals surface area contributed by atoms with Gasteiger partial charge >= 0.3 is 0 Å². The maximum atomic E-state index is 5.15. The van der Waals surface area contributed by atoms with E-state index in [2.05, 4.69) is 69.7 Å². The molecule has 0 bridgehead atoms. The number of guanidine groups is 1. The molecule has 1 heterocycles. The van der Waals surface area contributed by atoms with Crippen LogP contribution in [0.25, 0.3) is 0 Å². The Labute approximate surface area is 177 Å². The molecule has 0 saturated carbocycles. The minimum atomic E-state index is 0.510. The molecule has 164 valence electrons. The molecule has 1 fully saturated rings. The summed E-state index contributed by atoms with van der Waals surface area (Å²) in [6.45, 7) is 8.50. The van der Waals surface area contributed by atoms with E-state index in [1.807, 2.05) is 7.05 Å². The number of rotatable bonds is 11. The fraction of sp³-hybridized carbons (Fsp3) is 0.696. The Hall–Kier alpha value is -1.63. The molecule has 2 rings (SSSR count). The third kappa shape index (κ3) is 9.15. The lowest BCUT2D eigenvalue weighted by Gasteiger charge is -2.33. The van der Waals surface area contributed by atoms with Crippen LogP contribution in [0.4, 0.5) is 0 Å². The van der Waals surface area contributed by atoms with Crippen molar-refractivity contribution in [1.82, 2.24) is 20.4 Å². The molecule has 1 unspecified atom stereocenters. The van der Waals surface area contributed by atoms with Crippen molar-refractivity contribution in [3.8, 4) is 0 Å². The van der Waals surface area contributed by atoms with Crippen molar-refractivity contribution in [3.05, 3.63) is 35.9 Å². The number of nitrogens with zero attached hydrogens (tertiary/aromatic N) is 3. The molecule has 0 aliphatic carbocycles. The maximum Gasteiger partial charge on any atom is 0.191 e. The van der Waals surface area contributed by atoms with E-state index in [0.29, 0.717) is 12.1 Å². The predicted molar refractivity (Wildman–Crippen MR) is 122 cm³/mol. The lowest BCUT2D eigenvalue weighted by molar-refractivity contribution is 0.155. The number of benzene rings is 1. The van der Waals surface area contributed by atoms with Crippen LogP contribution in [0.3, 0.4) is 0 Å². The highest BCUT2D eigenvalue weighted by Crippen LogP contribution is 2.11. The molecule has 0 aromatic heterocycles. The molecule has 6 heteroatoms. The Morgan fingerprint density at radius 1 is 1.28 bits per heavy atom. The van der Waals surface area contributed by atoms with E-state index in [4.69, 9.17) is 4.74 Å². The molecule has 0 spiro atoms. The first-order chi connectivity index (χ1) is 14.1. The van der Waals surface area contributed by atoms with E-state index in [0.717, 1.165) is 58.1 Å². The van der Waals surface area contributed by atoms with Crippen molar-refractivity contribution in [3.63, 3.8) is 0 Å². The maximum absolute atomic E-state index is 5.15. The Kier molecular flexibility index (Phi) is 11.1. The van der Waals surface area contributed by atoms with Gasteiger partial charge in [-0.25, -0.2) is 0 Å². The third-order valence-corrected chi connectivity index (χ3v) is 5.86. The molecule has 1 aliphatic rings. The number of hydrogen-bond acceptors (Lipinski definition) is 4. The van der Waals surface area contributed by atoms with Crippen LogP contribution in [-0.2, 0) is 11.3 Å². The highest BCUT2D eigenvalue weighted by atomic mass is 16.5. The molecular formula is C23H41N5O. The molecule has 6 nitrogen and oxygen atoms in total. The summed E-state index contributed by atoms with van der Waals surface area (Å²) in [6.07, 6.45) is 4.55. The topological polar surface area (TPSA) is 52.1 Å². The molecule has 0 radical (unpaired) electrons. The van der Waals surface area contributed by atoms with Crippen LogP contribution in [0.2, 0.25) is 0 Å². The summed E-state index contributed by atoms with van der Waals surface area (Å²) >= 11 is 0. The van der Waals surface area contributed by atoms with Gasteiger partial charge in [-0.15, -0.1) is 0 Å². The van der Waals surface area contributed by atoms with Gasteiger partial charge in [0.2, 0.25) is 0 Å². The van der Waals surface area contributed by atoms with E-state index in [1.54, 1.807) is 7.11 Å². The van der Waals surface area contributed by atoms with Gasteiger partial charge < -0.3 is 20.3 Å². The van der Waals surface area contributed by atoms with Crippen LogP contribution in [0, 0.1) is 0 Å². The van der Waals surface area contributed by atoms with Crippen molar-refractivity contribution in [2.24, 2.45) is 4.99 Å². The minimum Gasteiger partial charge on any atom is -0.385 e. The zero-order chi connectivity index (χ0) is 20.9. The summed E-state index contributed by atoms with van der Waals surface area (Å²) in [7, 11) is 5.84. The average molecular weight is 404 g/mol. The third-order valence-electron chi connectivity index (χ3n) is 5.86. The second kappa shape index (κ2) is 13.6. The van der Waals surface area contributed by atoms with Gasteiger partial charge in [0.25, 0.3) is 0 Å². The molecule has 0 amide bonds. The van der Waals surface area contributed by atoms with Crippen molar-refractivity contribution in [1.29, 1.82) is 0 Å². The highest BCUT2D eigenvalue weighted by Gasteiger charge is 2.19. The van der Waals surface area contributed by atoms with Crippen LogP contribution >= 0.6 is 0 Å². The largest absolute Gasteiger partial charge is 0.385 e. The minimum absolute atomic E-state index is 0.510. The summed E-state index contributed by atoms with van der Waals surface area (Å²) < 4.78 is 5.15. The SMILES string of the molecule is CN=C(NCCC(C)N(C)Cc1ccccc1)NC1CCN(CCCOC)CC1. The van der Waals surface area contributed by atoms with E-state index in [-0.39, 0.29) is 0 Å². The van der Waals surface area contributed by atoms with Crippen molar-refractivity contribution in [2.45, 2.75) is 51.2 Å². The number of likely N-dealkylation sites (tertiary alicyclic amines) is 1. The van der Waals surface area contributed by atoms with Gasteiger partial charge in [0, 0.05) is 65.6 Å². The number of aliphatic imine (C=N–C) groups is 1. The molecule has 1 aromatic carbocycles. The lowest BCUT2D eigenvalue weighted by atomic mass is 10.1. The van der Waals surface area contributed by atoms with Crippen molar-refractivity contribution in [2.75, 3.05) is 54.0 Å². The van der Waals surface area contributed by atoms with Crippen LogP contribution in [0.15, 0.2) is 35.3 Å². The monoisotopic (exact) mass is 403 g/mol. The second-order valence-electron chi connectivity index (χ2n) is 8.14. The summed E-state index contributed by atoms with van der Waals surface area (Å²) in [5.41, 5.74) is 1.36. The molecule has 1 aromatic rings. The summed E-state index contributed by atoms with van der Waals surface area (Å²) in [6, 6.07) is 11.7. The zero-order valence-electron chi connectivity index (χ0n) is 18.9. The lowest BCUT2D eigenvalue weighted by Crippen LogP contribution is -2.49. The van der Waals surface area contributed by atoms with Gasteiger partial charge in [0.05, 0.1) is 0 Å². The van der Waals surface area contributed by atoms with Gasteiger partial charge in [-0.3, -0.25) is 9.89 Å². The van der Waals surface area contributed by atoms with Crippen LogP contribution in [0.5, 0.6) is 0 Å². The van der Waals surface area contributed by atoms with Crippen molar-refractivity contribution >= 4 is 5.96 Å². The quantitative estimate of drug-likeness (QED) is 0.338. The van der Waals surface area contributed by atoms with Crippen molar-refractivity contribution < 1.29 is 4.74 Å². The van der Waals surface area contributed by atoms with E-state index < -0.39 is 0 Å². The van der Waals surface area contributed by atoms with Gasteiger partial charge in [0.15, 0.2) is 5.96 Å². The first-order valence-electron chi connectivity index (χ1n) is 11.0. The highest BCUT2D eigenvalue weighted by molar-refractivity contribution is 5.79. The first-order valence-corrected chi connectivity index (χ1v) is 11.0. The fourth-order valence-electron chi connectivity index (χ4n) is 3.77. The van der Waals surface area contributed by atoms with E-state index >= 15 is 0 Å². The number of hydrogen-bond donors (Lipinski definition) is 2. The molecule has 1 saturated heterocycles. The first kappa shape index (κ1) is 23.6. The van der Waals surface area contributed by atoms with E-state index in [1.165, 1.54) is 18.4 Å². The average Bonchev–Trinajstić information content (AvgIpc) is 2.75. The Morgan fingerprint density at radius 3 is 2.66 bits per heavy atom. The normalized spacial score (nSPS) is 17.5. The number of nitrogens with one attached hydrogen (secondary N) is 2. The summed E-state index contributed by atoms with van der Waals surface area (Å²) in [5.74, 6) is 0.931. The van der Waals surface area contributed by atoms with Crippen LogP contribution in [0.1, 0.15) is 38.2 Å².